The van der Waals surface area contributed by atoms with Crippen molar-refractivity contribution < 1.29 is 9.90 Å². The van der Waals surface area contributed by atoms with Crippen molar-refractivity contribution in [3.63, 3.8) is 0 Å². The number of aromatic nitrogens is 1. The van der Waals surface area contributed by atoms with E-state index in [1.165, 1.54) is 0 Å². The maximum Gasteiger partial charge on any atom is 0.310 e. The van der Waals surface area contributed by atoms with Gasteiger partial charge in [0.2, 0.25) is 0 Å². The van der Waals surface area contributed by atoms with Crippen LogP contribution >= 0.6 is 0 Å². The predicted molar refractivity (Wildman–Crippen MR) is 63.7 cm³/mol. The van der Waals surface area contributed by atoms with Crippen molar-refractivity contribution in [3.8, 4) is 0 Å². The molecule has 0 saturated carbocycles. The predicted octanol–water partition coefficient (Wildman–Crippen LogP) is 3.05. The van der Waals surface area contributed by atoms with E-state index in [0.29, 0.717) is 6.42 Å². The minimum atomic E-state index is -0.753. The second kappa shape index (κ2) is 4.00. The SMILES string of the molecule is CCC(C(=O)O)c1cc(C)c2[nH]ccc2c1. The molecule has 0 aliphatic carbocycles. The molecule has 0 aliphatic heterocycles. The van der Waals surface area contributed by atoms with Crippen LogP contribution in [0.1, 0.15) is 30.4 Å². The highest BCUT2D eigenvalue weighted by Crippen LogP contribution is 2.26. The Labute approximate surface area is 94.1 Å². The summed E-state index contributed by atoms with van der Waals surface area (Å²) in [5.74, 6) is -1.16. The number of aryl methyl sites for hydroxylation is 1. The third kappa shape index (κ3) is 1.69. The monoisotopic (exact) mass is 217 g/mol. The molecule has 2 N–H and O–H groups in total. The molecule has 1 atom stereocenters. The van der Waals surface area contributed by atoms with Crippen molar-refractivity contribution in [3.05, 3.63) is 35.5 Å². The van der Waals surface area contributed by atoms with E-state index < -0.39 is 11.9 Å². The van der Waals surface area contributed by atoms with Crippen LogP contribution in [0.5, 0.6) is 0 Å². The zero-order valence-corrected chi connectivity index (χ0v) is 9.45. The first-order valence-electron chi connectivity index (χ1n) is 5.44. The molecule has 0 fully saturated rings. The highest BCUT2D eigenvalue weighted by molar-refractivity contribution is 5.85. The average molecular weight is 217 g/mol. The summed E-state index contributed by atoms with van der Waals surface area (Å²) >= 11 is 0. The molecule has 3 nitrogen and oxygen atoms in total. The summed E-state index contributed by atoms with van der Waals surface area (Å²) in [6, 6.07) is 5.89. The Morgan fingerprint density at radius 1 is 1.50 bits per heavy atom. The van der Waals surface area contributed by atoms with E-state index in [0.717, 1.165) is 22.0 Å². The van der Waals surface area contributed by atoms with Crippen LogP contribution in [0, 0.1) is 6.92 Å². The van der Waals surface area contributed by atoms with Gasteiger partial charge in [0.15, 0.2) is 0 Å². The molecule has 1 aromatic carbocycles. The normalized spacial score (nSPS) is 12.9. The molecule has 2 rings (SSSR count). The summed E-state index contributed by atoms with van der Waals surface area (Å²) < 4.78 is 0. The third-order valence-electron chi connectivity index (χ3n) is 2.99. The van der Waals surface area contributed by atoms with Crippen molar-refractivity contribution >= 4 is 16.9 Å². The molecule has 16 heavy (non-hydrogen) atoms. The fourth-order valence-electron chi connectivity index (χ4n) is 2.14. The number of aromatic amines is 1. The van der Waals surface area contributed by atoms with Gasteiger partial charge in [0.05, 0.1) is 5.92 Å². The lowest BCUT2D eigenvalue weighted by Crippen LogP contribution is -2.10. The highest BCUT2D eigenvalue weighted by atomic mass is 16.4. The molecule has 0 radical (unpaired) electrons. The Balaban J connectivity index is 2.56. The lowest BCUT2D eigenvalue weighted by atomic mass is 9.94. The van der Waals surface area contributed by atoms with E-state index >= 15 is 0 Å². The van der Waals surface area contributed by atoms with Crippen molar-refractivity contribution in [1.29, 1.82) is 0 Å². The topological polar surface area (TPSA) is 53.1 Å². The first-order valence-corrected chi connectivity index (χ1v) is 5.44. The van der Waals surface area contributed by atoms with Crippen LogP contribution in [0.3, 0.4) is 0 Å². The minimum Gasteiger partial charge on any atom is -0.481 e. The number of carbonyl (C=O) groups is 1. The number of benzene rings is 1. The van der Waals surface area contributed by atoms with Gasteiger partial charge >= 0.3 is 5.97 Å². The fraction of sp³-hybridized carbons (Fsp3) is 0.308. The molecule has 0 saturated heterocycles. The number of fused-ring (bicyclic) bond motifs is 1. The maximum atomic E-state index is 11.1. The first kappa shape index (κ1) is 10.7. The van der Waals surface area contributed by atoms with Gasteiger partial charge in [0.1, 0.15) is 0 Å². The number of hydrogen-bond donors (Lipinski definition) is 2. The van der Waals surface area contributed by atoms with Crippen molar-refractivity contribution in [2.75, 3.05) is 0 Å². The van der Waals surface area contributed by atoms with Crippen molar-refractivity contribution in [2.45, 2.75) is 26.2 Å². The molecule has 1 aromatic heterocycles. The van der Waals surface area contributed by atoms with E-state index in [1.54, 1.807) is 0 Å². The number of carboxylic acids is 1. The molecule has 3 heteroatoms. The lowest BCUT2D eigenvalue weighted by Gasteiger charge is -2.11. The van der Waals surface area contributed by atoms with E-state index in [-0.39, 0.29) is 0 Å². The zero-order chi connectivity index (χ0) is 11.7. The zero-order valence-electron chi connectivity index (χ0n) is 9.45. The Morgan fingerprint density at radius 2 is 2.25 bits per heavy atom. The molecule has 0 spiro atoms. The van der Waals surface area contributed by atoms with Gasteiger partial charge in [-0.05, 0) is 42.0 Å². The van der Waals surface area contributed by atoms with Crippen molar-refractivity contribution in [2.24, 2.45) is 0 Å². The average Bonchev–Trinajstić information content (AvgIpc) is 2.66. The second-order valence-corrected chi connectivity index (χ2v) is 4.08. The molecule has 0 amide bonds. The lowest BCUT2D eigenvalue weighted by molar-refractivity contribution is -0.138. The van der Waals surface area contributed by atoms with Gasteiger partial charge in [-0.3, -0.25) is 4.79 Å². The molecular weight excluding hydrogens is 202 g/mol. The van der Waals surface area contributed by atoms with Crippen LogP contribution < -0.4 is 0 Å². The molecule has 1 unspecified atom stereocenters. The number of H-pyrrole nitrogens is 1. The Hall–Kier alpha value is -1.77. The summed E-state index contributed by atoms with van der Waals surface area (Å²) in [6.45, 7) is 3.90. The quantitative estimate of drug-likeness (QED) is 0.830. The van der Waals surface area contributed by atoms with Crippen LogP contribution in [-0.4, -0.2) is 16.1 Å². The molecule has 2 aromatic rings. The smallest absolute Gasteiger partial charge is 0.310 e. The Kier molecular flexibility index (Phi) is 2.69. The summed E-state index contributed by atoms with van der Waals surface area (Å²) in [6.07, 6.45) is 2.49. The number of carboxylic acid groups (broad SMARTS) is 1. The number of rotatable bonds is 3. The van der Waals surface area contributed by atoms with E-state index in [1.807, 2.05) is 38.2 Å². The van der Waals surface area contributed by atoms with E-state index in [2.05, 4.69) is 4.98 Å². The van der Waals surface area contributed by atoms with Gasteiger partial charge in [-0.2, -0.15) is 0 Å². The number of aliphatic carboxylic acids is 1. The number of nitrogens with one attached hydrogen (secondary N) is 1. The van der Waals surface area contributed by atoms with E-state index in [4.69, 9.17) is 5.11 Å². The maximum absolute atomic E-state index is 11.1. The molecule has 1 heterocycles. The Morgan fingerprint density at radius 3 is 2.88 bits per heavy atom. The third-order valence-corrected chi connectivity index (χ3v) is 2.99. The molecule has 0 aliphatic rings. The first-order chi connectivity index (χ1) is 7.63. The molecular formula is C13H15NO2. The largest absolute Gasteiger partial charge is 0.481 e. The van der Waals surface area contributed by atoms with Gasteiger partial charge in [-0.25, -0.2) is 0 Å². The summed E-state index contributed by atoms with van der Waals surface area (Å²) in [7, 11) is 0. The molecule has 0 bridgehead atoms. The minimum absolute atomic E-state index is 0.405. The van der Waals surface area contributed by atoms with Crippen molar-refractivity contribution in [1.82, 2.24) is 4.98 Å². The van der Waals surface area contributed by atoms with Gasteiger partial charge < -0.3 is 10.1 Å². The Bertz CT molecular complexity index is 528. The summed E-state index contributed by atoms with van der Waals surface area (Å²) in [5, 5.41) is 10.2. The standard InChI is InChI=1S/C13H15NO2/c1-3-11(13(15)16)10-6-8(2)12-9(7-10)4-5-14-12/h4-7,11,14H,3H2,1-2H3,(H,15,16). The van der Waals surface area contributed by atoms with Crippen LogP contribution in [0.25, 0.3) is 10.9 Å². The van der Waals surface area contributed by atoms with Crippen LogP contribution in [-0.2, 0) is 4.79 Å². The second-order valence-electron chi connectivity index (χ2n) is 4.08. The van der Waals surface area contributed by atoms with Gasteiger partial charge in [0.25, 0.3) is 0 Å². The summed E-state index contributed by atoms with van der Waals surface area (Å²) in [4.78, 5) is 14.3. The van der Waals surface area contributed by atoms with E-state index in [9.17, 15) is 4.79 Å². The summed E-state index contributed by atoms with van der Waals surface area (Å²) in [5.41, 5.74) is 3.07. The number of hydrogen-bond acceptors (Lipinski definition) is 1. The van der Waals surface area contributed by atoms with Gasteiger partial charge in [-0.15, -0.1) is 0 Å². The fourth-order valence-corrected chi connectivity index (χ4v) is 2.14. The van der Waals surface area contributed by atoms with Crippen LogP contribution in [0.15, 0.2) is 24.4 Å². The van der Waals surface area contributed by atoms with Gasteiger partial charge in [0, 0.05) is 11.7 Å². The molecule has 84 valence electrons. The van der Waals surface area contributed by atoms with Crippen LogP contribution in [0.2, 0.25) is 0 Å². The highest BCUT2D eigenvalue weighted by Gasteiger charge is 2.18. The van der Waals surface area contributed by atoms with Gasteiger partial charge in [-0.1, -0.05) is 13.0 Å². The van der Waals surface area contributed by atoms with Crippen LogP contribution in [0.4, 0.5) is 0 Å².